The standard InChI is InChI=1S/C17H10N2O4/c20-16-9-14(12-6-2-3-7-13(12)17(16)21)18-10-11-5-1-4-8-15(11)19(22)23/h1-10H. The Morgan fingerprint density at radius 3 is 2.35 bits per heavy atom. The number of allylic oxidation sites excluding steroid dienone is 1. The zero-order valence-electron chi connectivity index (χ0n) is 11.8. The largest absolute Gasteiger partial charge is 0.285 e. The smallest absolute Gasteiger partial charge is 0.278 e. The van der Waals surface area contributed by atoms with Crippen LogP contribution >= 0.6 is 0 Å². The second-order valence-electron chi connectivity index (χ2n) is 4.84. The van der Waals surface area contributed by atoms with E-state index in [2.05, 4.69) is 4.99 Å². The quantitative estimate of drug-likeness (QED) is 0.377. The van der Waals surface area contributed by atoms with Gasteiger partial charge in [0.2, 0.25) is 11.6 Å². The van der Waals surface area contributed by atoms with Crippen molar-refractivity contribution in [2.24, 2.45) is 4.99 Å². The Balaban J connectivity index is 2.04. The Kier molecular flexibility index (Phi) is 3.64. The van der Waals surface area contributed by atoms with Gasteiger partial charge in [0.1, 0.15) is 0 Å². The molecule has 1 aliphatic rings. The van der Waals surface area contributed by atoms with Crippen LogP contribution in [0.1, 0.15) is 21.5 Å². The number of rotatable bonds is 3. The second kappa shape index (κ2) is 5.76. The highest BCUT2D eigenvalue weighted by Gasteiger charge is 2.25. The molecule has 0 spiro atoms. The van der Waals surface area contributed by atoms with Crippen LogP contribution in [-0.4, -0.2) is 22.7 Å². The highest BCUT2D eigenvalue weighted by Crippen LogP contribution is 2.26. The first-order valence-corrected chi connectivity index (χ1v) is 6.75. The van der Waals surface area contributed by atoms with E-state index in [0.29, 0.717) is 16.8 Å². The van der Waals surface area contributed by atoms with E-state index in [1.54, 1.807) is 42.5 Å². The van der Waals surface area contributed by atoms with E-state index in [0.717, 1.165) is 6.08 Å². The Morgan fingerprint density at radius 1 is 0.957 bits per heavy atom. The van der Waals surface area contributed by atoms with Gasteiger partial charge in [-0.05, 0) is 6.07 Å². The molecule has 2 aromatic rings. The van der Waals surface area contributed by atoms with Crippen LogP contribution in [0.4, 0.5) is 5.69 Å². The summed E-state index contributed by atoms with van der Waals surface area (Å²) in [5.74, 6) is -1.23. The molecule has 0 aromatic heterocycles. The van der Waals surface area contributed by atoms with E-state index in [-0.39, 0.29) is 11.3 Å². The van der Waals surface area contributed by atoms with Crippen LogP contribution in [-0.2, 0) is 4.79 Å². The van der Waals surface area contributed by atoms with Gasteiger partial charge in [0.25, 0.3) is 5.69 Å². The summed E-state index contributed by atoms with van der Waals surface area (Å²) in [6.07, 6.45) is 2.47. The Hall–Kier alpha value is -3.41. The Bertz CT molecular complexity index is 897. The van der Waals surface area contributed by atoms with Crippen molar-refractivity contribution in [2.75, 3.05) is 0 Å². The van der Waals surface area contributed by atoms with Crippen LogP contribution in [0.25, 0.3) is 5.70 Å². The summed E-state index contributed by atoms with van der Waals surface area (Å²) < 4.78 is 0. The minimum Gasteiger partial charge on any atom is -0.285 e. The van der Waals surface area contributed by atoms with Crippen LogP contribution in [0.15, 0.2) is 59.6 Å². The van der Waals surface area contributed by atoms with E-state index in [4.69, 9.17) is 0 Å². The summed E-state index contributed by atoms with van der Waals surface area (Å²) >= 11 is 0. The lowest BCUT2D eigenvalue weighted by molar-refractivity contribution is -0.385. The van der Waals surface area contributed by atoms with Gasteiger partial charge in [-0.1, -0.05) is 36.4 Å². The number of nitro groups is 1. The van der Waals surface area contributed by atoms with Crippen molar-refractivity contribution in [3.63, 3.8) is 0 Å². The fourth-order valence-electron chi connectivity index (χ4n) is 2.31. The topological polar surface area (TPSA) is 89.6 Å². The fraction of sp³-hybridized carbons (Fsp3) is 0. The van der Waals surface area contributed by atoms with Gasteiger partial charge in [-0.3, -0.25) is 24.7 Å². The van der Waals surface area contributed by atoms with Crippen LogP contribution in [0, 0.1) is 10.1 Å². The molecule has 0 radical (unpaired) electrons. The molecule has 112 valence electrons. The summed E-state index contributed by atoms with van der Waals surface area (Å²) in [5.41, 5.74) is 1.37. The molecule has 0 unspecified atom stereocenters. The molecular weight excluding hydrogens is 296 g/mol. The first kappa shape index (κ1) is 14.5. The lowest BCUT2D eigenvalue weighted by atomic mass is 9.93. The third-order valence-corrected chi connectivity index (χ3v) is 3.42. The van der Waals surface area contributed by atoms with E-state index in [9.17, 15) is 19.7 Å². The molecule has 6 nitrogen and oxygen atoms in total. The minimum atomic E-state index is -0.654. The van der Waals surface area contributed by atoms with Crippen molar-refractivity contribution in [1.82, 2.24) is 0 Å². The number of fused-ring (bicyclic) bond motifs is 1. The minimum absolute atomic E-state index is 0.0802. The number of Topliss-reactive ketones (excluding diaryl/α,β-unsaturated/α-hetero) is 1. The third kappa shape index (κ3) is 2.69. The number of ketones is 2. The lowest BCUT2D eigenvalue weighted by Crippen LogP contribution is -2.18. The summed E-state index contributed by atoms with van der Waals surface area (Å²) in [6.45, 7) is 0. The first-order valence-electron chi connectivity index (χ1n) is 6.75. The van der Waals surface area contributed by atoms with Gasteiger partial charge in [0.05, 0.1) is 16.2 Å². The van der Waals surface area contributed by atoms with Crippen LogP contribution in [0.2, 0.25) is 0 Å². The molecule has 0 saturated carbocycles. The van der Waals surface area contributed by atoms with Crippen molar-refractivity contribution < 1.29 is 14.5 Å². The highest BCUT2D eigenvalue weighted by molar-refractivity contribution is 6.50. The van der Waals surface area contributed by atoms with Crippen LogP contribution in [0.3, 0.4) is 0 Å². The molecule has 1 aliphatic carbocycles. The van der Waals surface area contributed by atoms with Crippen molar-refractivity contribution in [2.45, 2.75) is 0 Å². The number of hydrogen-bond acceptors (Lipinski definition) is 5. The van der Waals surface area contributed by atoms with Crippen molar-refractivity contribution in [3.05, 3.63) is 81.4 Å². The summed E-state index contributed by atoms with van der Waals surface area (Å²) in [6, 6.07) is 12.8. The number of nitro benzene ring substituents is 1. The molecule has 0 heterocycles. The Morgan fingerprint density at radius 2 is 1.61 bits per heavy atom. The number of carbonyl (C=O) groups is 2. The molecule has 6 heteroatoms. The molecule has 23 heavy (non-hydrogen) atoms. The van der Waals surface area contributed by atoms with Gasteiger partial charge in [-0.25, -0.2) is 0 Å². The lowest BCUT2D eigenvalue weighted by Gasteiger charge is -2.12. The normalized spacial score (nSPS) is 13.8. The average molecular weight is 306 g/mol. The first-order chi connectivity index (χ1) is 11.1. The van der Waals surface area contributed by atoms with Crippen molar-refractivity contribution >= 4 is 29.2 Å². The predicted molar refractivity (Wildman–Crippen MR) is 84.4 cm³/mol. The maximum absolute atomic E-state index is 11.8. The summed E-state index contributed by atoms with van der Waals surface area (Å²) in [5, 5.41) is 11.0. The van der Waals surface area contributed by atoms with Gasteiger partial charge in [-0.15, -0.1) is 0 Å². The molecule has 0 fully saturated rings. The SMILES string of the molecule is O=C1C=C(N=Cc2ccccc2[N+](=O)[O-])c2ccccc2C1=O. The van der Waals surface area contributed by atoms with E-state index < -0.39 is 16.5 Å². The maximum atomic E-state index is 11.8. The van der Waals surface area contributed by atoms with Gasteiger partial charge < -0.3 is 0 Å². The maximum Gasteiger partial charge on any atom is 0.278 e. The number of hydrogen-bond donors (Lipinski definition) is 0. The summed E-state index contributed by atoms with van der Waals surface area (Å²) in [7, 11) is 0. The molecule has 0 bridgehead atoms. The zero-order valence-corrected chi connectivity index (χ0v) is 11.8. The van der Waals surface area contributed by atoms with Crippen LogP contribution < -0.4 is 0 Å². The monoisotopic (exact) mass is 306 g/mol. The summed E-state index contributed by atoms with van der Waals surface area (Å²) in [4.78, 5) is 38.3. The Labute approximate surface area is 130 Å². The molecule has 3 rings (SSSR count). The number of para-hydroxylation sites is 1. The van der Waals surface area contributed by atoms with Gasteiger partial charge >= 0.3 is 0 Å². The molecule has 0 amide bonds. The second-order valence-corrected chi connectivity index (χ2v) is 4.84. The zero-order chi connectivity index (χ0) is 16.4. The molecule has 0 N–H and O–H groups in total. The van der Waals surface area contributed by atoms with Crippen LogP contribution in [0.5, 0.6) is 0 Å². The van der Waals surface area contributed by atoms with Crippen molar-refractivity contribution in [1.29, 1.82) is 0 Å². The van der Waals surface area contributed by atoms with E-state index >= 15 is 0 Å². The van der Waals surface area contributed by atoms with E-state index in [1.807, 2.05) is 0 Å². The highest BCUT2D eigenvalue weighted by atomic mass is 16.6. The molecule has 0 aliphatic heterocycles. The number of aliphatic imine (C=N–C) groups is 1. The van der Waals surface area contributed by atoms with E-state index in [1.165, 1.54) is 12.3 Å². The number of benzene rings is 2. The molecule has 0 atom stereocenters. The molecular formula is C17H10N2O4. The fourth-order valence-corrected chi connectivity index (χ4v) is 2.31. The van der Waals surface area contributed by atoms with Gasteiger partial charge in [0, 0.05) is 29.5 Å². The van der Waals surface area contributed by atoms with Gasteiger partial charge in [0.15, 0.2) is 0 Å². The average Bonchev–Trinajstić information content (AvgIpc) is 2.57. The molecule has 0 saturated heterocycles. The van der Waals surface area contributed by atoms with Crippen molar-refractivity contribution in [3.8, 4) is 0 Å². The predicted octanol–water partition coefficient (Wildman–Crippen LogP) is 2.82. The number of carbonyl (C=O) groups excluding carboxylic acids is 2. The third-order valence-electron chi connectivity index (χ3n) is 3.42. The number of nitrogens with zero attached hydrogens (tertiary/aromatic N) is 2. The molecule has 2 aromatic carbocycles. The van der Waals surface area contributed by atoms with Gasteiger partial charge in [-0.2, -0.15) is 0 Å².